The van der Waals surface area contributed by atoms with Crippen molar-refractivity contribution in [2.45, 2.75) is 46.6 Å². The van der Waals surface area contributed by atoms with E-state index in [9.17, 15) is 0 Å². The number of imidazole rings is 1. The first-order valence-electron chi connectivity index (χ1n) is 7.02. The Labute approximate surface area is 127 Å². The summed E-state index contributed by atoms with van der Waals surface area (Å²) in [5.74, 6) is 0.618. The number of hydrogen-bond acceptors (Lipinski definition) is 2. The van der Waals surface area contributed by atoms with Crippen LogP contribution in [-0.2, 0) is 6.54 Å². The van der Waals surface area contributed by atoms with E-state index < -0.39 is 0 Å². The number of anilines is 1. The van der Waals surface area contributed by atoms with E-state index in [4.69, 9.17) is 5.73 Å². The maximum Gasteiger partial charge on any atom is 0.200 e. The second-order valence-corrected chi connectivity index (χ2v) is 5.13. The van der Waals surface area contributed by atoms with E-state index in [0.717, 1.165) is 18.7 Å². The Morgan fingerprint density at radius 3 is 2.65 bits per heavy atom. The van der Waals surface area contributed by atoms with Gasteiger partial charge in [0.15, 0.2) is 0 Å². The monoisotopic (exact) mass is 293 g/mol. The van der Waals surface area contributed by atoms with Gasteiger partial charge in [-0.3, -0.25) is 0 Å². The molecule has 0 radical (unpaired) electrons. The first kappa shape index (κ1) is 16.6. The maximum atomic E-state index is 6.00. The minimum atomic E-state index is 0. The van der Waals surface area contributed by atoms with Crippen LogP contribution in [0.1, 0.15) is 37.3 Å². The second-order valence-electron chi connectivity index (χ2n) is 5.13. The summed E-state index contributed by atoms with van der Waals surface area (Å²) in [6.07, 6.45) is 5.69. The average molecular weight is 294 g/mol. The topological polar surface area (TPSA) is 43.8 Å². The summed E-state index contributed by atoms with van der Waals surface area (Å²) in [6.45, 7) is 7.42. The number of halogens is 1. The number of rotatable bonds is 5. The molecule has 0 amide bonds. The number of benzene rings is 1. The first-order chi connectivity index (χ1) is 9.13. The van der Waals surface area contributed by atoms with Crippen LogP contribution < -0.4 is 5.73 Å². The Morgan fingerprint density at radius 1 is 1.20 bits per heavy atom. The third kappa shape index (κ3) is 3.54. The van der Waals surface area contributed by atoms with Gasteiger partial charge in [0.25, 0.3) is 0 Å². The lowest BCUT2D eigenvalue weighted by atomic mass is 10.0. The first-order valence-corrected chi connectivity index (χ1v) is 7.02. The van der Waals surface area contributed by atoms with Crippen molar-refractivity contribution in [3.63, 3.8) is 0 Å². The van der Waals surface area contributed by atoms with E-state index in [1.807, 2.05) is 0 Å². The highest BCUT2D eigenvalue weighted by atomic mass is 35.5. The molecule has 0 saturated heterocycles. The van der Waals surface area contributed by atoms with Gasteiger partial charge in [0.2, 0.25) is 5.95 Å². The van der Waals surface area contributed by atoms with Gasteiger partial charge in [0.1, 0.15) is 0 Å². The van der Waals surface area contributed by atoms with E-state index in [-0.39, 0.29) is 12.4 Å². The molecule has 0 aliphatic heterocycles. The van der Waals surface area contributed by atoms with Gasteiger partial charge in [-0.05, 0) is 31.4 Å². The summed E-state index contributed by atoms with van der Waals surface area (Å²) in [7, 11) is 0. The number of hydrogen-bond donors (Lipinski definition) is 1. The molecule has 2 aromatic rings. The Morgan fingerprint density at radius 2 is 1.95 bits per heavy atom. The zero-order valence-corrected chi connectivity index (χ0v) is 13.3. The lowest BCUT2D eigenvalue weighted by molar-refractivity contribution is 0.608. The minimum absolute atomic E-state index is 0. The highest BCUT2D eigenvalue weighted by molar-refractivity contribution is 5.85. The van der Waals surface area contributed by atoms with Crippen molar-refractivity contribution in [2.24, 2.45) is 0 Å². The van der Waals surface area contributed by atoms with Gasteiger partial charge in [-0.15, -0.1) is 12.4 Å². The van der Waals surface area contributed by atoms with Crippen LogP contribution in [-0.4, -0.2) is 9.55 Å². The average Bonchev–Trinajstić information content (AvgIpc) is 2.75. The fourth-order valence-corrected chi connectivity index (χ4v) is 2.30. The summed E-state index contributed by atoms with van der Waals surface area (Å²) in [4.78, 5) is 4.50. The molecule has 0 saturated carbocycles. The molecule has 0 bridgehead atoms. The molecule has 1 aromatic heterocycles. The van der Waals surface area contributed by atoms with Crippen molar-refractivity contribution in [2.75, 3.05) is 5.73 Å². The fraction of sp³-hybridized carbons (Fsp3) is 0.438. The molecule has 0 aliphatic rings. The lowest BCUT2D eigenvalue weighted by Crippen LogP contribution is -2.02. The van der Waals surface area contributed by atoms with Gasteiger partial charge in [0, 0.05) is 18.3 Å². The van der Waals surface area contributed by atoms with Gasteiger partial charge >= 0.3 is 0 Å². The number of nitrogens with two attached hydrogens (primary N) is 1. The van der Waals surface area contributed by atoms with Crippen LogP contribution in [0.4, 0.5) is 5.95 Å². The Kier molecular flexibility index (Phi) is 6.08. The van der Waals surface area contributed by atoms with Crippen molar-refractivity contribution >= 4 is 18.4 Å². The molecule has 0 aliphatic carbocycles. The lowest BCUT2D eigenvalue weighted by Gasteiger charge is -2.05. The molecule has 0 unspecified atom stereocenters. The van der Waals surface area contributed by atoms with Crippen LogP contribution in [0.3, 0.4) is 0 Å². The molecule has 4 heteroatoms. The largest absolute Gasteiger partial charge is 0.369 e. The standard InChI is InChI=1S/C16H23N3.ClH/c1-4-5-6-10-19-11-15(18-16(19)17)14-9-7-8-12(2)13(14)3;/h7-9,11H,4-6,10H2,1-3H3,(H2,17,18);1H. The van der Waals surface area contributed by atoms with E-state index in [1.165, 1.54) is 29.5 Å². The minimum Gasteiger partial charge on any atom is -0.369 e. The quantitative estimate of drug-likeness (QED) is 0.832. The summed E-state index contributed by atoms with van der Waals surface area (Å²) < 4.78 is 2.06. The molecule has 0 atom stereocenters. The van der Waals surface area contributed by atoms with Crippen LogP contribution in [0.2, 0.25) is 0 Å². The summed E-state index contributed by atoms with van der Waals surface area (Å²) >= 11 is 0. The molecule has 2 N–H and O–H groups in total. The normalized spacial score (nSPS) is 10.3. The molecule has 2 rings (SSSR count). The zero-order chi connectivity index (χ0) is 13.8. The van der Waals surface area contributed by atoms with Crippen molar-refractivity contribution in [3.8, 4) is 11.3 Å². The second kappa shape index (κ2) is 7.34. The highest BCUT2D eigenvalue weighted by Crippen LogP contribution is 2.25. The van der Waals surface area contributed by atoms with Crippen molar-refractivity contribution in [1.82, 2.24) is 9.55 Å². The molecule has 0 fully saturated rings. The molecule has 1 aromatic carbocycles. The number of unbranched alkanes of at least 4 members (excludes halogenated alkanes) is 2. The van der Waals surface area contributed by atoms with E-state index in [1.54, 1.807) is 0 Å². The predicted octanol–water partition coefficient (Wildman–Crippen LogP) is 4.36. The van der Waals surface area contributed by atoms with Gasteiger partial charge in [-0.2, -0.15) is 0 Å². The molecule has 20 heavy (non-hydrogen) atoms. The molecular formula is C16H24ClN3. The van der Waals surface area contributed by atoms with Crippen molar-refractivity contribution in [3.05, 3.63) is 35.5 Å². The van der Waals surface area contributed by atoms with Gasteiger partial charge < -0.3 is 10.3 Å². The van der Waals surface area contributed by atoms with Crippen molar-refractivity contribution < 1.29 is 0 Å². The SMILES string of the molecule is CCCCCn1cc(-c2cccc(C)c2C)nc1N.Cl. The fourth-order valence-electron chi connectivity index (χ4n) is 2.30. The smallest absolute Gasteiger partial charge is 0.200 e. The molecule has 110 valence electrons. The van der Waals surface area contributed by atoms with Gasteiger partial charge in [-0.25, -0.2) is 4.98 Å². The summed E-state index contributed by atoms with van der Waals surface area (Å²) in [5, 5.41) is 0. The van der Waals surface area contributed by atoms with E-state index in [0.29, 0.717) is 5.95 Å². The number of nitrogen functional groups attached to an aromatic ring is 1. The van der Waals surface area contributed by atoms with Gasteiger partial charge in [-0.1, -0.05) is 38.0 Å². The number of nitrogens with zero attached hydrogens (tertiary/aromatic N) is 2. The Hall–Kier alpha value is -1.48. The Balaban J connectivity index is 0.00000200. The van der Waals surface area contributed by atoms with Crippen LogP contribution in [0.25, 0.3) is 11.3 Å². The summed E-state index contributed by atoms with van der Waals surface area (Å²) in [6, 6.07) is 6.31. The Bertz CT molecular complexity index is 561. The molecule has 0 spiro atoms. The van der Waals surface area contributed by atoms with E-state index in [2.05, 4.69) is 54.7 Å². The predicted molar refractivity (Wildman–Crippen MR) is 88.3 cm³/mol. The van der Waals surface area contributed by atoms with Crippen LogP contribution in [0.15, 0.2) is 24.4 Å². The van der Waals surface area contributed by atoms with Crippen LogP contribution in [0.5, 0.6) is 0 Å². The third-order valence-corrected chi connectivity index (χ3v) is 3.69. The number of aryl methyl sites for hydroxylation is 2. The van der Waals surface area contributed by atoms with E-state index >= 15 is 0 Å². The maximum absolute atomic E-state index is 6.00. The summed E-state index contributed by atoms with van der Waals surface area (Å²) in [5.41, 5.74) is 10.7. The van der Waals surface area contributed by atoms with Gasteiger partial charge in [0.05, 0.1) is 5.69 Å². The molecule has 3 nitrogen and oxygen atoms in total. The zero-order valence-electron chi connectivity index (χ0n) is 12.5. The third-order valence-electron chi connectivity index (χ3n) is 3.69. The van der Waals surface area contributed by atoms with Crippen LogP contribution in [0, 0.1) is 13.8 Å². The van der Waals surface area contributed by atoms with Crippen LogP contribution >= 0.6 is 12.4 Å². The van der Waals surface area contributed by atoms with Crippen molar-refractivity contribution in [1.29, 1.82) is 0 Å². The molecule has 1 heterocycles. The molecular weight excluding hydrogens is 270 g/mol. The number of aromatic nitrogens is 2. The highest BCUT2D eigenvalue weighted by Gasteiger charge is 2.09.